The molecule has 0 aromatic carbocycles. The summed E-state index contributed by atoms with van der Waals surface area (Å²) in [5.74, 6) is 3.39. The van der Waals surface area contributed by atoms with E-state index in [9.17, 15) is 4.79 Å². The molecule has 0 radical (unpaired) electrons. The second kappa shape index (κ2) is 6.15. The normalized spacial score (nSPS) is 34.2. The van der Waals surface area contributed by atoms with Crippen molar-refractivity contribution >= 4 is 29.3 Å². The summed E-state index contributed by atoms with van der Waals surface area (Å²) < 4.78 is 0. The van der Waals surface area contributed by atoms with E-state index in [1.54, 1.807) is 11.8 Å². The summed E-state index contributed by atoms with van der Waals surface area (Å²) in [7, 11) is 0. The summed E-state index contributed by atoms with van der Waals surface area (Å²) in [6.07, 6.45) is 5.99. The van der Waals surface area contributed by atoms with E-state index in [0.717, 1.165) is 24.6 Å². The van der Waals surface area contributed by atoms with E-state index >= 15 is 0 Å². The van der Waals surface area contributed by atoms with Gasteiger partial charge in [-0.15, -0.1) is 23.4 Å². The Balaban J connectivity index is 1.71. The number of hydrogen-bond donors (Lipinski definition) is 1. The predicted molar refractivity (Wildman–Crippen MR) is 70.0 cm³/mol. The molecule has 4 heteroatoms. The quantitative estimate of drug-likeness (QED) is 0.789. The molecule has 2 rings (SSSR count). The highest BCUT2D eigenvalue weighted by Gasteiger charge is 2.28. The first-order valence-electron chi connectivity index (χ1n) is 6.26. The molecule has 3 unspecified atom stereocenters. The monoisotopic (exact) mass is 261 g/mol. The first-order chi connectivity index (χ1) is 7.81. The molecule has 2 aliphatic rings. The third kappa shape index (κ3) is 3.07. The Kier molecular flexibility index (Phi) is 4.83. The second-order valence-electron chi connectivity index (χ2n) is 4.85. The van der Waals surface area contributed by atoms with Crippen LogP contribution in [0.1, 0.15) is 32.1 Å². The lowest BCUT2D eigenvalue weighted by atomic mass is 9.98. The molecule has 1 saturated heterocycles. The molecule has 2 nitrogen and oxygen atoms in total. The van der Waals surface area contributed by atoms with Crippen LogP contribution in [0.3, 0.4) is 0 Å². The summed E-state index contributed by atoms with van der Waals surface area (Å²) in [6, 6.07) is 0. The van der Waals surface area contributed by atoms with E-state index in [1.807, 2.05) is 0 Å². The van der Waals surface area contributed by atoms with Gasteiger partial charge in [0.1, 0.15) is 0 Å². The van der Waals surface area contributed by atoms with Crippen molar-refractivity contribution in [2.24, 2.45) is 11.8 Å². The van der Waals surface area contributed by atoms with Crippen LogP contribution in [0.2, 0.25) is 0 Å². The molecule has 92 valence electrons. The van der Waals surface area contributed by atoms with Gasteiger partial charge in [0.05, 0.1) is 5.25 Å². The molecule has 1 amide bonds. The maximum atomic E-state index is 11.8. The molecule has 2 fully saturated rings. The van der Waals surface area contributed by atoms with Crippen molar-refractivity contribution in [2.75, 3.05) is 18.2 Å². The first kappa shape index (κ1) is 12.6. The zero-order valence-corrected chi connectivity index (χ0v) is 11.2. The maximum Gasteiger partial charge on any atom is 0.233 e. The van der Waals surface area contributed by atoms with Gasteiger partial charge >= 0.3 is 0 Å². The van der Waals surface area contributed by atoms with Gasteiger partial charge in [-0.25, -0.2) is 0 Å². The molecule has 1 N–H and O–H groups in total. The van der Waals surface area contributed by atoms with Crippen LogP contribution in [0, 0.1) is 11.8 Å². The molecule has 0 spiro atoms. The highest BCUT2D eigenvalue weighted by atomic mass is 35.5. The van der Waals surface area contributed by atoms with E-state index < -0.39 is 0 Å². The van der Waals surface area contributed by atoms with Crippen molar-refractivity contribution in [3.63, 3.8) is 0 Å². The highest BCUT2D eigenvalue weighted by molar-refractivity contribution is 8.00. The van der Waals surface area contributed by atoms with Crippen LogP contribution in [-0.2, 0) is 4.79 Å². The minimum absolute atomic E-state index is 0.218. The Morgan fingerprint density at radius 3 is 2.75 bits per heavy atom. The fourth-order valence-electron chi connectivity index (χ4n) is 2.72. The number of carbonyl (C=O) groups excluding carboxylic acids is 1. The zero-order chi connectivity index (χ0) is 11.4. The van der Waals surface area contributed by atoms with Gasteiger partial charge in [0, 0.05) is 12.4 Å². The summed E-state index contributed by atoms with van der Waals surface area (Å²) in [5.41, 5.74) is 0. The minimum Gasteiger partial charge on any atom is -0.355 e. The number of halogens is 1. The molecular formula is C12H20ClNOS. The summed E-state index contributed by atoms with van der Waals surface area (Å²) in [6.45, 7) is 0.841. The summed E-state index contributed by atoms with van der Waals surface area (Å²) >= 11 is 7.73. The van der Waals surface area contributed by atoms with Gasteiger partial charge in [0.2, 0.25) is 5.91 Å². The fourth-order valence-corrected chi connectivity index (χ4v) is 4.31. The largest absolute Gasteiger partial charge is 0.355 e. The average molecular weight is 262 g/mol. The van der Waals surface area contributed by atoms with Crippen molar-refractivity contribution in [2.45, 2.75) is 37.4 Å². The van der Waals surface area contributed by atoms with Crippen molar-refractivity contribution in [1.29, 1.82) is 0 Å². The Morgan fingerprint density at radius 2 is 2.06 bits per heavy atom. The van der Waals surface area contributed by atoms with E-state index in [4.69, 9.17) is 11.6 Å². The molecule has 16 heavy (non-hydrogen) atoms. The summed E-state index contributed by atoms with van der Waals surface area (Å²) in [5, 5.41) is 3.33. The number of nitrogens with one attached hydrogen (secondary N) is 1. The predicted octanol–water partition coefficient (Wildman–Crippen LogP) is 2.65. The lowest BCUT2D eigenvalue weighted by Gasteiger charge is -2.18. The third-order valence-electron chi connectivity index (χ3n) is 3.78. The van der Waals surface area contributed by atoms with Crippen molar-refractivity contribution in [3.05, 3.63) is 0 Å². The van der Waals surface area contributed by atoms with Crippen LogP contribution in [-0.4, -0.2) is 29.3 Å². The van der Waals surface area contributed by atoms with Crippen molar-refractivity contribution in [3.8, 4) is 0 Å². The van der Waals surface area contributed by atoms with Gasteiger partial charge in [-0.05, 0) is 43.3 Å². The Hall–Kier alpha value is 0.110. The fraction of sp³-hybridized carbons (Fsp3) is 0.917. The van der Waals surface area contributed by atoms with Crippen molar-refractivity contribution in [1.82, 2.24) is 5.32 Å². The topological polar surface area (TPSA) is 29.1 Å². The van der Waals surface area contributed by atoms with Gasteiger partial charge in [-0.3, -0.25) is 4.79 Å². The minimum atomic E-state index is 0.218. The van der Waals surface area contributed by atoms with Gasteiger partial charge in [0.15, 0.2) is 0 Å². The molecule has 3 atom stereocenters. The van der Waals surface area contributed by atoms with Gasteiger partial charge in [0.25, 0.3) is 0 Å². The number of hydrogen-bond acceptors (Lipinski definition) is 2. The Bertz CT molecular complexity index is 243. The molecule has 1 aliphatic heterocycles. The van der Waals surface area contributed by atoms with Crippen LogP contribution < -0.4 is 5.32 Å². The number of rotatable bonds is 4. The zero-order valence-electron chi connectivity index (χ0n) is 9.58. The SMILES string of the molecule is O=C(NCC1CCCC1CCl)C1CCCS1. The summed E-state index contributed by atoms with van der Waals surface area (Å²) in [4.78, 5) is 11.8. The number of amides is 1. The van der Waals surface area contributed by atoms with Gasteiger partial charge in [-0.1, -0.05) is 6.42 Å². The molecule has 0 aromatic heterocycles. The molecule has 1 heterocycles. The molecular weight excluding hydrogens is 242 g/mol. The average Bonchev–Trinajstić information content (AvgIpc) is 2.96. The number of thioether (sulfide) groups is 1. The first-order valence-corrected chi connectivity index (χ1v) is 7.85. The van der Waals surface area contributed by atoms with E-state index in [1.165, 1.54) is 25.7 Å². The number of carbonyl (C=O) groups is 1. The van der Waals surface area contributed by atoms with Gasteiger partial charge < -0.3 is 5.32 Å². The standard InChI is InChI=1S/C12H20ClNOS/c13-7-9-3-1-4-10(9)8-14-12(15)11-5-2-6-16-11/h9-11H,1-8H2,(H,14,15). The smallest absolute Gasteiger partial charge is 0.233 e. The van der Waals surface area contributed by atoms with Crippen LogP contribution in [0.25, 0.3) is 0 Å². The highest BCUT2D eigenvalue weighted by Crippen LogP contribution is 2.32. The van der Waals surface area contributed by atoms with Crippen molar-refractivity contribution < 1.29 is 4.79 Å². The lowest BCUT2D eigenvalue weighted by Crippen LogP contribution is -2.36. The van der Waals surface area contributed by atoms with E-state index in [-0.39, 0.29) is 11.2 Å². The molecule has 0 aromatic rings. The van der Waals surface area contributed by atoms with Crippen LogP contribution >= 0.6 is 23.4 Å². The number of alkyl halides is 1. The third-order valence-corrected chi connectivity index (χ3v) is 5.55. The maximum absolute atomic E-state index is 11.8. The Labute approximate surface area is 107 Å². The van der Waals surface area contributed by atoms with Crippen LogP contribution in [0.4, 0.5) is 0 Å². The molecule has 1 aliphatic carbocycles. The Morgan fingerprint density at radius 1 is 1.25 bits per heavy atom. The second-order valence-corrected chi connectivity index (χ2v) is 6.47. The molecule has 0 bridgehead atoms. The lowest BCUT2D eigenvalue weighted by molar-refractivity contribution is -0.120. The van der Waals surface area contributed by atoms with Crippen LogP contribution in [0.15, 0.2) is 0 Å². The van der Waals surface area contributed by atoms with Crippen LogP contribution in [0.5, 0.6) is 0 Å². The van der Waals surface area contributed by atoms with Gasteiger partial charge in [-0.2, -0.15) is 0 Å². The van der Waals surface area contributed by atoms with E-state index in [0.29, 0.717) is 11.8 Å². The molecule has 1 saturated carbocycles. The van der Waals surface area contributed by atoms with E-state index in [2.05, 4.69) is 5.32 Å².